The summed E-state index contributed by atoms with van der Waals surface area (Å²) in [6, 6.07) is 11.9. The van der Waals surface area contributed by atoms with Gasteiger partial charge in [-0.2, -0.15) is 0 Å². The maximum absolute atomic E-state index is 13.5. The van der Waals surface area contributed by atoms with Gasteiger partial charge in [0.2, 0.25) is 5.78 Å². The van der Waals surface area contributed by atoms with E-state index in [2.05, 4.69) is 32.2 Å². The molecule has 3 heterocycles. The van der Waals surface area contributed by atoms with Crippen LogP contribution in [0.2, 0.25) is 0 Å². The SMILES string of the molecule is Nc1nc(Nc2ccc(N3CCC(N4CCCCC4)CC3)cc2)sc1C(=O)c1ccc(F)c(F)c1. The number of nitrogens with two attached hydrogens (primary N) is 1. The van der Waals surface area contributed by atoms with Crippen molar-refractivity contribution in [2.75, 3.05) is 42.1 Å². The van der Waals surface area contributed by atoms with Gasteiger partial charge in [-0.3, -0.25) is 4.79 Å². The second-order valence-corrected chi connectivity index (χ2v) is 10.2. The van der Waals surface area contributed by atoms with Crippen LogP contribution in [0.1, 0.15) is 47.3 Å². The van der Waals surface area contributed by atoms with Crippen molar-refractivity contribution in [1.82, 2.24) is 9.88 Å². The largest absolute Gasteiger partial charge is 0.382 e. The molecule has 184 valence electrons. The van der Waals surface area contributed by atoms with Gasteiger partial charge >= 0.3 is 0 Å². The third-order valence-electron chi connectivity index (χ3n) is 6.90. The molecule has 3 aromatic rings. The molecule has 2 aliphatic heterocycles. The molecule has 0 bridgehead atoms. The van der Waals surface area contributed by atoms with Gasteiger partial charge < -0.3 is 20.9 Å². The van der Waals surface area contributed by atoms with Crippen LogP contribution in [0.15, 0.2) is 42.5 Å². The summed E-state index contributed by atoms with van der Waals surface area (Å²) in [5, 5.41) is 3.65. The van der Waals surface area contributed by atoms with E-state index in [4.69, 9.17) is 5.73 Å². The number of carbonyl (C=O) groups is 1. The number of nitrogen functional groups attached to an aromatic ring is 1. The maximum Gasteiger partial charge on any atom is 0.206 e. The third-order valence-corrected chi connectivity index (χ3v) is 7.88. The van der Waals surface area contributed by atoms with E-state index in [1.807, 2.05) is 12.1 Å². The minimum atomic E-state index is -1.08. The molecule has 0 amide bonds. The molecule has 5 rings (SSSR count). The van der Waals surface area contributed by atoms with Crippen LogP contribution in [0.5, 0.6) is 0 Å². The molecular formula is C26H29F2N5OS. The summed E-state index contributed by atoms with van der Waals surface area (Å²) in [6.07, 6.45) is 6.44. The zero-order valence-corrected chi connectivity index (χ0v) is 20.3. The van der Waals surface area contributed by atoms with Crippen molar-refractivity contribution < 1.29 is 13.6 Å². The van der Waals surface area contributed by atoms with Crippen LogP contribution in [0.3, 0.4) is 0 Å². The molecular weight excluding hydrogens is 468 g/mol. The first kappa shape index (κ1) is 23.7. The molecule has 0 saturated carbocycles. The van der Waals surface area contributed by atoms with Crippen LogP contribution in [-0.4, -0.2) is 47.9 Å². The highest BCUT2D eigenvalue weighted by atomic mass is 32.1. The average molecular weight is 498 g/mol. The number of hydrogen-bond acceptors (Lipinski definition) is 7. The lowest BCUT2D eigenvalue weighted by Gasteiger charge is -2.41. The van der Waals surface area contributed by atoms with Crippen molar-refractivity contribution >= 4 is 39.4 Å². The number of ketones is 1. The Morgan fingerprint density at radius 3 is 2.37 bits per heavy atom. The molecule has 9 heteroatoms. The molecule has 0 unspecified atom stereocenters. The summed E-state index contributed by atoms with van der Waals surface area (Å²) in [4.78, 5) is 22.2. The lowest BCUT2D eigenvalue weighted by molar-refractivity contribution is 0.104. The summed E-state index contributed by atoms with van der Waals surface area (Å²) >= 11 is 1.09. The first-order valence-corrected chi connectivity index (χ1v) is 12.9. The molecule has 0 radical (unpaired) electrons. The number of rotatable bonds is 6. The minimum absolute atomic E-state index is 0.0270. The topological polar surface area (TPSA) is 74.5 Å². The van der Waals surface area contributed by atoms with Crippen molar-refractivity contribution in [1.29, 1.82) is 0 Å². The second kappa shape index (κ2) is 10.3. The predicted molar refractivity (Wildman–Crippen MR) is 137 cm³/mol. The van der Waals surface area contributed by atoms with Gasteiger partial charge in [-0.1, -0.05) is 17.8 Å². The quantitative estimate of drug-likeness (QED) is 0.442. The highest BCUT2D eigenvalue weighted by Crippen LogP contribution is 2.31. The fraction of sp³-hybridized carbons (Fsp3) is 0.385. The van der Waals surface area contributed by atoms with E-state index in [0.717, 1.165) is 42.2 Å². The molecule has 0 aliphatic carbocycles. The van der Waals surface area contributed by atoms with E-state index in [1.165, 1.54) is 56.9 Å². The van der Waals surface area contributed by atoms with E-state index < -0.39 is 17.4 Å². The lowest BCUT2D eigenvalue weighted by atomic mass is 9.99. The number of likely N-dealkylation sites (tertiary alicyclic amines) is 1. The molecule has 2 fully saturated rings. The van der Waals surface area contributed by atoms with Gasteiger partial charge in [0.15, 0.2) is 16.8 Å². The standard InChI is InChI=1S/C26H29F2N5OS/c27-21-9-4-17(16-22(21)28)23(34)24-25(29)31-26(35-24)30-18-5-7-19(8-6-18)33-14-10-20(11-15-33)32-12-2-1-3-13-32/h4-9,16,20H,1-3,10-15,29H2,(H,30,31). The summed E-state index contributed by atoms with van der Waals surface area (Å²) in [7, 11) is 0. The van der Waals surface area contributed by atoms with Crippen LogP contribution in [-0.2, 0) is 0 Å². The van der Waals surface area contributed by atoms with Crippen molar-refractivity contribution in [2.45, 2.75) is 38.1 Å². The van der Waals surface area contributed by atoms with Gasteiger partial charge in [-0.05, 0) is 81.2 Å². The van der Waals surface area contributed by atoms with Crippen molar-refractivity contribution in [3.8, 4) is 0 Å². The molecule has 2 aromatic carbocycles. The fourth-order valence-corrected chi connectivity index (χ4v) is 5.84. The number of hydrogen-bond donors (Lipinski definition) is 2. The van der Waals surface area contributed by atoms with Crippen molar-refractivity contribution in [3.05, 3.63) is 64.5 Å². The molecule has 2 aliphatic rings. The molecule has 0 spiro atoms. The van der Waals surface area contributed by atoms with Gasteiger partial charge in [-0.25, -0.2) is 13.8 Å². The van der Waals surface area contributed by atoms with Gasteiger partial charge in [0.05, 0.1) is 0 Å². The van der Waals surface area contributed by atoms with Crippen LogP contribution < -0.4 is 16.0 Å². The molecule has 0 atom stereocenters. The van der Waals surface area contributed by atoms with Gasteiger partial charge in [0, 0.05) is 36.1 Å². The van der Waals surface area contributed by atoms with Gasteiger partial charge in [0.25, 0.3) is 0 Å². The van der Waals surface area contributed by atoms with E-state index >= 15 is 0 Å². The summed E-state index contributed by atoms with van der Waals surface area (Å²) < 4.78 is 26.7. The van der Waals surface area contributed by atoms with Crippen LogP contribution >= 0.6 is 11.3 Å². The van der Waals surface area contributed by atoms with Gasteiger partial charge in [-0.15, -0.1) is 0 Å². The van der Waals surface area contributed by atoms with E-state index in [0.29, 0.717) is 11.2 Å². The zero-order valence-electron chi connectivity index (χ0n) is 19.5. The van der Waals surface area contributed by atoms with E-state index in [-0.39, 0.29) is 16.3 Å². The number of anilines is 4. The number of benzene rings is 2. The number of aromatic nitrogens is 1. The normalized spacial score (nSPS) is 17.5. The Hall–Kier alpha value is -3.04. The Balaban J connectivity index is 1.20. The van der Waals surface area contributed by atoms with Gasteiger partial charge in [0.1, 0.15) is 10.7 Å². The van der Waals surface area contributed by atoms with Crippen molar-refractivity contribution in [2.24, 2.45) is 0 Å². The second-order valence-electron chi connectivity index (χ2n) is 9.18. The number of nitrogens with zero attached hydrogens (tertiary/aromatic N) is 3. The first-order valence-electron chi connectivity index (χ1n) is 12.1. The Labute approximate surface area is 207 Å². The van der Waals surface area contributed by atoms with Crippen LogP contribution in [0.4, 0.5) is 31.1 Å². The number of thiazole rings is 1. The number of piperidine rings is 2. The zero-order chi connectivity index (χ0) is 24.4. The molecule has 2 saturated heterocycles. The maximum atomic E-state index is 13.5. The minimum Gasteiger partial charge on any atom is -0.382 e. The Kier molecular flexibility index (Phi) is 6.97. The molecule has 35 heavy (non-hydrogen) atoms. The summed E-state index contributed by atoms with van der Waals surface area (Å²) in [5.74, 6) is -2.51. The molecule has 6 nitrogen and oxygen atoms in total. The Morgan fingerprint density at radius 2 is 1.69 bits per heavy atom. The summed E-state index contributed by atoms with van der Waals surface area (Å²) in [6.45, 7) is 4.62. The van der Waals surface area contributed by atoms with Crippen LogP contribution in [0.25, 0.3) is 0 Å². The molecule has 1 aromatic heterocycles. The fourth-order valence-electron chi connectivity index (χ4n) is 4.97. The number of halogens is 2. The van der Waals surface area contributed by atoms with E-state index in [1.54, 1.807) is 0 Å². The number of nitrogens with one attached hydrogen (secondary N) is 1. The Morgan fingerprint density at radius 1 is 0.971 bits per heavy atom. The average Bonchev–Trinajstić information content (AvgIpc) is 3.26. The molecule has 3 N–H and O–H groups in total. The first-order chi connectivity index (χ1) is 17.0. The Bertz CT molecular complexity index is 1180. The summed E-state index contributed by atoms with van der Waals surface area (Å²) in [5.41, 5.74) is 8.00. The number of carbonyl (C=O) groups excluding carboxylic acids is 1. The van der Waals surface area contributed by atoms with Crippen molar-refractivity contribution in [3.63, 3.8) is 0 Å². The predicted octanol–water partition coefficient (Wildman–Crippen LogP) is 5.43. The third kappa shape index (κ3) is 5.31. The van der Waals surface area contributed by atoms with E-state index in [9.17, 15) is 13.6 Å². The highest BCUT2D eigenvalue weighted by molar-refractivity contribution is 7.18. The van der Waals surface area contributed by atoms with Crippen LogP contribution in [0, 0.1) is 11.6 Å². The smallest absolute Gasteiger partial charge is 0.206 e. The highest BCUT2D eigenvalue weighted by Gasteiger charge is 2.25. The monoisotopic (exact) mass is 497 g/mol. The lowest BCUT2D eigenvalue weighted by Crippen LogP contribution is -2.46.